The van der Waals surface area contributed by atoms with Gasteiger partial charge in [0.25, 0.3) is 5.91 Å². The van der Waals surface area contributed by atoms with E-state index < -0.39 is 15.9 Å². The second-order valence-electron chi connectivity index (χ2n) is 4.53. The van der Waals surface area contributed by atoms with Gasteiger partial charge in [0.15, 0.2) is 0 Å². The van der Waals surface area contributed by atoms with Gasteiger partial charge in [0.1, 0.15) is 0 Å². The molecule has 0 heterocycles. The van der Waals surface area contributed by atoms with E-state index in [1.165, 1.54) is 0 Å². The molecule has 0 atom stereocenters. The quantitative estimate of drug-likeness (QED) is 0.892. The normalized spacial score (nSPS) is 11.6. The van der Waals surface area contributed by atoms with Crippen molar-refractivity contribution in [1.82, 2.24) is 4.72 Å². The Hall–Kier alpha value is -1.36. The average molecular weight is 269 g/mol. The Morgan fingerprint density at radius 1 is 1.22 bits per heavy atom. The summed E-state index contributed by atoms with van der Waals surface area (Å²) in [6.07, 6.45) is 0.481. The van der Waals surface area contributed by atoms with Gasteiger partial charge in [0.05, 0.1) is 5.75 Å². The summed E-state index contributed by atoms with van der Waals surface area (Å²) in [6.45, 7) is 5.86. The summed E-state index contributed by atoms with van der Waals surface area (Å²) in [5.41, 5.74) is 1.47. The van der Waals surface area contributed by atoms with Crippen LogP contribution in [0, 0.1) is 0 Å². The van der Waals surface area contributed by atoms with Crippen LogP contribution in [0.5, 0.6) is 0 Å². The maximum absolute atomic E-state index is 11.7. The van der Waals surface area contributed by atoms with Crippen LogP contribution < -0.4 is 4.72 Å². The highest BCUT2D eigenvalue weighted by Gasteiger charge is 2.14. The summed E-state index contributed by atoms with van der Waals surface area (Å²) in [4.78, 5) is 11.7. The van der Waals surface area contributed by atoms with Gasteiger partial charge in [-0.25, -0.2) is 13.1 Å². The highest BCUT2D eigenvalue weighted by atomic mass is 32.2. The van der Waals surface area contributed by atoms with E-state index in [1.807, 2.05) is 12.1 Å². The zero-order valence-corrected chi connectivity index (χ0v) is 11.8. The SMILES string of the molecule is CCCS(=O)(=O)NC(=O)c1ccc(C(C)C)cc1. The Kier molecular flexibility index (Phi) is 4.90. The molecule has 0 spiro atoms. The minimum atomic E-state index is -3.51. The van der Waals surface area contributed by atoms with E-state index in [1.54, 1.807) is 19.1 Å². The van der Waals surface area contributed by atoms with Crippen molar-refractivity contribution in [2.75, 3.05) is 5.75 Å². The largest absolute Gasteiger partial charge is 0.268 e. The van der Waals surface area contributed by atoms with Crippen molar-refractivity contribution in [3.05, 3.63) is 35.4 Å². The number of carbonyl (C=O) groups is 1. The fourth-order valence-corrected chi connectivity index (χ4v) is 2.58. The van der Waals surface area contributed by atoms with Crippen molar-refractivity contribution in [2.45, 2.75) is 33.1 Å². The molecule has 0 aromatic heterocycles. The maximum atomic E-state index is 11.7. The van der Waals surface area contributed by atoms with Crippen molar-refractivity contribution in [1.29, 1.82) is 0 Å². The molecule has 1 aromatic rings. The van der Waals surface area contributed by atoms with E-state index in [4.69, 9.17) is 0 Å². The predicted octanol–water partition coefficient (Wildman–Crippen LogP) is 2.28. The zero-order valence-electron chi connectivity index (χ0n) is 10.9. The van der Waals surface area contributed by atoms with Crippen LogP contribution in [0.1, 0.15) is 49.0 Å². The molecule has 1 amide bonds. The van der Waals surface area contributed by atoms with Gasteiger partial charge in [0.2, 0.25) is 10.0 Å². The molecule has 5 heteroatoms. The van der Waals surface area contributed by atoms with Gasteiger partial charge in [0, 0.05) is 5.56 Å². The maximum Gasteiger partial charge on any atom is 0.264 e. The number of hydrogen-bond acceptors (Lipinski definition) is 3. The monoisotopic (exact) mass is 269 g/mol. The lowest BCUT2D eigenvalue weighted by atomic mass is 10.0. The molecule has 0 unspecified atom stereocenters. The second kappa shape index (κ2) is 6.00. The van der Waals surface area contributed by atoms with Crippen molar-refractivity contribution in [2.24, 2.45) is 0 Å². The van der Waals surface area contributed by atoms with Crippen LogP contribution in [-0.2, 0) is 10.0 Å². The molecule has 0 saturated heterocycles. The Morgan fingerprint density at radius 2 is 1.78 bits per heavy atom. The minimum Gasteiger partial charge on any atom is -0.268 e. The average Bonchev–Trinajstić information content (AvgIpc) is 2.28. The summed E-state index contributed by atoms with van der Waals surface area (Å²) >= 11 is 0. The molecule has 18 heavy (non-hydrogen) atoms. The minimum absolute atomic E-state index is 0.0389. The summed E-state index contributed by atoms with van der Waals surface area (Å²) < 4.78 is 25.0. The highest BCUT2D eigenvalue weighted by Crippen LogP contribution is 2.14. The molecule has 0 fully saturated rings. The van der Waals surface area contributed by atoms with Crippen molar-refractivity contribution in [3.8, 4) is 0 Å². The summed E-state index contributed by atoms with van der Waals surface area (Å²) in [6, 6.07) is 6.97. The number of carbonyl (C=O) groups excluding carboxylic acids is 1. The standard InChI is InChI=1S/C13H19NO3S/c1-4-9-18(16,17)14-13(15)12-7-5-11(6-8-12)10(2)3/h5-8,10H,4,9H2,1-3H3,(H,14,15). The molecule has 0 saturated carbocycles. The van der Waals surface area contributed by atoms with E-state index in [2.05, 4.69) is 18.6 Å². The number of benzene rings is 1. The number of sulfonamides is 1. The molecule has 0 aliphatic carbocycles. The van der Waals surface area contributed by atoms with Gasteiger partial charge in [-0.2, -0.15) is 0 Å². The molecule has 1 aromatic carbocycles. The topological polar surface area (TPSA) is 63.2 Å². The van der Waals surface area contributed by atoms with Crippen LogP contribution in [0.4, 0.5) is 0 Å². The number of nitrogens with one attached hydrogen (secondary N) is 1. The molecule has 0 aliphatic rings. The van der Waals surface area contributed by atoms with Gasteiger partial charge in [-0.15, -0.1) is 0 Å². The molecule has 1 rings (SSSR count). The van der Waals surface area contributed by atoms with E-state index in [9.17, 15) is 13.2 Å². The third-order valence-corrected chi connectivity index (χ3v) is 4.00. The first-order valence-electron chi connectivity index (χ1n) is 6.00. The molecule has 4 nitrogen and oxygen atoms in total. The lowest BCUT2D eigenvalue weighted by molar-refractivity contribution is 0.0981. The summed E-state index contributed by atoms with van der Waals surface area (Å²) in [5, 5.41) is 0. The third kappa shape index (κ3) is 4.14. The van der Waals surface area contributed by atoms with Crippen LogP contribution in [0.25, 0.3) is 0 Å². The molecular weight excluding hydrogens is 250 g/mol. The fourth-order valence-electron chi connectivity index (χ4n) is 1.54. The van der Waals surface area contributed by atoms with Crippen molar-refractivity contribution < 1.29 is 13.2 Å². The molecular formula is C13H19NO3S. The molecule has 0 radical (unpaired) electrons. The first-order valence-corrected chi connectivity index (χ1v) is 7.65. The Morgan fingerprint density at radius 3 is 2.22 bits per heavy atom. The number of hydrogen-bond donors (Lipinski definition) is 1. The van der Waals surface area contributed by atoms with Gasteiger partial charge >= 0.3 is 0 Å². The Bertz CT molecular complexity index is 504. The summed E-state index contributed by atoms with van der Waals surface area (Å²) in [5.74, 6) is -0.229. The van der Waals surface area contributed by atoms with Gasteiger partial charge in [-0.3, -0.25) is 4.79 Å². The first-order chi connectivity index (χ1) is 8.35. The smallest absolute Gasteiger partial charge is 0.264 e. The van der Waals surface area contributed by atoms with Crippen LogP contribution in [-0.4, -0.2) is 20.1 Å². The Labute approximate surface area is 108 Å². The second-order valence-corrected chi connectivity index (χ2v) is 6.37. The zero-order chi connectivity index (χ0) is 13.8. The summed E-state index contributed by atoms with van der Waals surface area (Å²) in [7, 11) is -3.51. The molecule has 0 bridgehead atoms. The Balaban J connectivity index is 2.79. The van der Waals surface area contributed by atoms with Crippen molar-refractivity contribution in [3.63, 3.8) is 0 Å². The lowest BCUT2D eigenvalue weighted by Gasteiger charge is -2.08. The van der Waals surface area contributed by atoms with E-state index in [0.29, 0.717) is 17.9 Å². The molecule has 100 valence electrons. The highest BCUT2D eigenvalue weighted by molar-refractivity contribution is 7.90. The van der Waals surface area contributed by atoms with Crippen LogP contribution in [0.3, 0.4) is 0 Å². The van der Waals surface area contributed by atoms with Crippen LogP contribution in [0.15, 0.2) is 24.3 Å². The lowest BCUT2D eigenvalue weighted by Crippen LogP contribution is -2.32. The third-order valence-electron chi connectivity index (χ3n) is 2.56. The van der Waals surface area contributed by atoms with Gasteiger partial charge in [-0.1, -0.05) is 32.9 Å². The van der Waals surface area contributed by atoms with Gasteiger partial charge in [-0.05, 0) is 30.0 Å². The molecule has 1 N–H and O–H groups in total. The van der Waals surface area contributed by atoms with Crippen molar-refractivity contribution >= 4 is 15.9 Å². The van der Waals surface area contributed by atoms with E-state index in [0.717, 1.165) is 5.56 Å². The van der Waals surface area contributed by atoms with E-state index in [-0.39, 0.29) is 5.75 Å². The predicted molar refractivity (Wildman–Crippen MR) is 72.1 cm³/mol. The fraction of sp³-hybridized carbons (Fsp3) is 0.462. The van der Waals surface area contributed by atoms with Crippen LogP contribution >= 0.6 is 0 Å². The number of amides is 1. The van der Waals surface area contributed by atoms with Crippen LogP contribution in [0.2, 0.25) is 0 Å². The first kappa shape index (κ1) is 14.7. The van der Waals surface area contributed by atoms with E-state index >= 15 is 0 Å². The molecule has 0 aliphatic heterocycles. The number of rotatable bonds is 5. The van der Waals surface area contributed by atoms with Gasteiger partial charge < -0.3 is 0 Å².